The highest BCUT2D eigenvalue weighted by atomic mass is 32.1. The lowest BCUT2D eigenvalue weighted by Gasteiger charge is -1.82. The zero-order valence-corrected chi connectivity index (χ0v) is 4.88. The van der Waals surface area contributed by atoms with E-state index < -0.39 is 0 Å². The highest BCUT2D eigenvalue weighted by Crippen LogP contribution is 1.81. The maximum Gasteiger partial charge on any atom is -0.0185 e. The second kappa shape index (κ2) is 5.05. The standard InChI is InChI=1S/C4H8S.H2O/c1-4(2)3-5;/h3-4H,1-2H3;1H2. The molecule has 0 bridgehead atoms. The van der Waals surface area contributed by atoms with Gasteiger partial charge in [0.05, 0.1) is 0 Å². The Bertz CT molecular complexity index is 34.5. The Morgan fingerprint density at radius 2 is 1.67 bits per heavy atom. The first-order valence-corrected chi connectivity index (χ1v) is 2.20. The van der Waals surface area contributed by atoms with Crippen LogP contribution in [0, 0.1) is 5.92 Å². The molecule has 0 spiro atoms. The van der Waals surface area contributed by atoms with Crippen molar-refractivity contribution < 1.29 is 5.48 Å². The summed E-state index contributed by atoms with van der Waals surface area (Å²) in [5.74, 6) is 0.574. The van der Waals surface area contributed by atoms with Gasteiger partial charge in [-0.2, -0.15) is 0 Å². The first-order chi connectivity index (χ1) is 2.27. The minimum Gasteiger partial charge on any atom is -0.412 e. The fraction of sp³-hybridized carbons (Fsp3) is 0.750. The molecule has 0 fully saturated rings. The van der Waals surface area contributed by atoms with Gasteiger partial charge in [0.1, 0.15) is 0 Å². The van der Waals surface area contributed by atoms with Gasteiger partial charge < -0.3 is 5.48 Å². The van der Waals surface area contributed by atoms with E-state index in [-0.39, 0.29) is 5.48 Å². The zero-order valence-electron chi connectivity index (χ0n) is 4.06. The topological polar surface area (TPSA) is 31.5 Å². The van der Waals surface area contributed by atoms with Crippen molar-refractivity contribution in [2.75, 3.05) is 0 Å². The Morgan fingerprint density at radius 3 is 1.67 bits per heavy atom. The molecule has 0 rings (SSSR count). The molecule has 0 aromatic carbocycles. The van der Waals surface area contributed by atoms with E-state index in [4.69, 9.17) is 0 Å². The van der Waals surface area contributed by atoms with Crippen molar-refractivity contribution in [3.05, 3.63) is 0 Å². The molecule has 38 valence electrons. The van der Waals surface area contributed by atoms with E-state index >= 15 is 0 Å². The van der Waals surface area contributed by atoms with Crippen LogP contribution >= 0.6 is 12.2 Å². The predicted molar refractivity (Wildman–Crippen MR) is 32.1 cm³/mol. The molecule has 0 aromatic heterocycles. The lowest BCUT2D eigenvalue weighted by atomic mass is 10.3. The summed E-state index contributed by atoms with van der Waals surface area (Å²) in [7, 11) is 0. The van der Waals surface area contributed by atoms with Crippen LogP contribution in [0.15, 0.2) is 0 Å². The van der Waals surface area contributed by atoms with Crippen LogP contribution in [-0.2, 0) is 0 Å². The summed E-state index contributed by atoms with van der Waals surface area (Å²) in [6, 6.07) is 0. The Labute approximate surface area is 43.7 Å². The van der Waals surface area contributed by atoms with Crippen molar-refractivity contribution in [1.82, 2.24) is 0 Å². The van der Waals surface area contributed by atoms with Gasteiger partial charge in [0.25, 0.3) is 0 Å². The first kappa shape index (κ1) is 9.41. The van der Waals surface area contributed by atoms with Crippen LogP contribution in [0.2, 0.25) is 0 Å². The number of hydrogen-bond acceptors (Lipinski definition) is 1. The summed E-state index contributed by atoms with van der Waals surface area (Å²) < 4.78 is 0. The number of hydrogen-bond donors (Lipinski definition) is 0. The van der Waals surface area contributed by atoms with E-state index in [1.807, 2.05) is 0 Å². The third-order valence-electron chi connectivity index (χ3n) is 0.272. The van der Waals surface area contributed by atoms with Gasteiger partial charge in [-0.05, 0) is 11.3 Å². The van der Waals surface area contributed by atoms with Crippen molar-refractivity contribution in [2.24, 2.45) is 5.92 Å². The number of rotatable bonds is 1. The molecule has 0 saturated heterocycles. The van der Waals surface area contributed by atoms with Gasteiger partial charge in [-0.25, -0.2) is 0 Å². The SMILES string of the molecule is CC(C)C=S.O. The zero-order chi connectivity index (χ0) is 4.28. The molecule has 2 heteroatoms. The molecule has 6 heavy (non-hydrogen) atoms. The maximum atomic E-state index is 4.55. The average Bonchev–Trinajstić information content (AvgIpc) is 1.38. The van der Waals surface area contributed by atoms with Crippen LogP contribution in [0.25, 0.3) is 0 Å². The van der Waals surface area contributed by atoms with E-state index in [2.05, 4.69) is 26.1 Å². The predicted octanol–water partition coefficient (Wildman–Crippen LogP) is 0.817. The second-order valence-electron chi connectivity index (χ2n) is 1.38. The lowest BCUT2D eigenvalue weighted by molar-refractivity contribution is 0.824. The van der Waals surface area contributed by atoms with Gasteiger partial charge in [-0.15, -0.1) is 0 Å². The largest absolute Gasteiger partial charge is 0.412 e. The summed E-state index contributed by atoms with van der Waals surface area (Å²) in [6.07, 6.45) is 0. The van der Waals surface area contributed by atoms with Crippen LogP contribution in [-0.4, -0.2) is 10.8 Å². The van der Waals surface area contributed by atoms with E-state index in [1.54, 1.807) is 5.37 Å². The summed E-state index contributed by atoms with van der Waals surface area (Å²) in [5.41, 5.74) is 0. The Kier molecular flexibility index (Phi) is 7.92. The van der Waals surface area contributed by atoms with Crippen molar-refractivity contribution >= 4 is 17.6 Å². The minimum atomic E-state index is 0. The molecule has 0 aliphatic rings. The molecule has 0 amide bonds. The lowest BCUT2D eigenvalue weighted by Crippen LogP contribution is -1.79. The smallest absolute Gasteiger partial charge is 0.0185 e. The van der Waals surface area contributed by atoms with E-state index in [0.717, 1.165) is 0 Å². The quantitative estimate of drug-likeness (QED) is 0.455. The van der Waals surface area contributed by atoms with Crippen molar-refractivity contribution in [2.45, 2.75) is 13.8 Å². The third-order valence-corrected chi connectivity index (χ3v) is 0.816. The fourth-order valence-corrected chi connectivity index (χ4v) is 0. The molecular weight excluding hydrogens is 96.1 g/mol. The van der Waals surface area contributed by atoms with Crippen LogP contribution in [0.5, 0.6) is 0 Å². The second-order valence-corrected chi connectivity index (χ2v) is 1.65. The monoisotopic (exact) mass is 106 g/mol. The molecule has 1 nitrogen and oxygen atoms in total. The van der Waals surface area contributed by atoms with Gasteiger partial charge in [0, 0.05) is 0 Å². The van der Waals surface area contributed by atoms with Crippen LogP contribution in [0.1, 0.15) is 13.8 Å². The molecule has 0 aliphatic heterocycles. The molecule has 2 N–H and O–H groups in total. The highest BCUT2D eigenvalue weighted by molar-refractivity contribution is 7.79. The Morgan fingerprint density at radius 1 is 1.50 bits per heavy atom. The van der Waals surface area contributed by atoms with Gasteiger partial charge >= 0.3 is 0 Å². The van der Waals surface area contributed by atoms with Crippen LogP contribution in [0.3, 0.4) is 0 Å². The highest BCUT2D eigenvalue weighted by Gasteiger charge is 1.75. The molecule has 0 aliphatic carbocycles. The van der Waals surface area contributed by atoms with E-state index in [1.165, 1.54) is 0 Å². The summed E-state index contributed by atoms with van der Waals surface area (Å²) in [5, 5.41) is 1.75. The van der Waals surface area contributed by atoms with Gasteiger partial charge in [-0.3, -0.25) is 0 Å². The average molecular weight is 106 g/mol. The van der Waals surface area contributed by atoms with Crippen LogP contribution < -0.4 is 0 Å². The maximum absolute atomic E-state index is 4.55. The molecule has 0 heterocycles. The number of thiocarbonyl (C=S) groups is 1. The molecule has 0 atom stereocenters. The normalized spacial score (nSPS) is 7.17. The summed E-state index contributed by atoms with van der Waals surface area (Å²) in [4.78, 5) is 0. The molecule has 0 radical (unpaired) electrons. The van der Waals surface area contributed by atoms with Gasteiger partial charge in [-0.1, -0.05) is 26.1 Å². The van der Waals surface area contributed by atoms with Crippen molar-refractivity contribution in [3.63, 3.8) is 0 Å². The fourth-order valence-electron chi connectivity index (χ4n) is 0. The Hall–Kier alpha value is 0.0500. The van der Waals surface area contributed by atoms with E-state index in [0.29, 0.717) is 5.92 Å². The van der Waals surface area contributed by atoms with Gasteiger partial charge in [0.15, 0.2) is 0 Å². The summed E-state index contributed by atoms with van der Waals surface area (Å²) >= 11 is 4.55. The molecule has 0 unspecified atom stereocenters. The molecule has 0 saturated carbocycles. The molecule has 0 aromatic rings. The summed E-state index contributed by atoms with van der Waals surface area (Å²) in [6.45, 7) is 4.12. The van der Waals surface area contributed by atoms with Crippen molar-refractivity contribution in [3.8, 4) is 0 Å². The third kappa shape index (κ3) is 8.96. The first-order valence-electron chi connectivity index (χ1n) is 1.72. The van der Waals surface area contributed by atoms with E-state index in [9.17, 15) is 0 Å². The minimum absolute atomic E-state index is 0. The van der Waals surface area contributed by atoms with Crippen molar-refractivity contribution in [1.29, 1.82) is 0 Å². The van der Waals surface area contributed by atoms with Crippen LogP contribution in [0.4, 0.5) is 0 Å². The molecular formula is C4H10OS. The van der Waals surface area contributed by atoms with Gasteiger partial charge in [0.2, 0.25) is 0 Å². The Balaban J connectivity index is 0.